The van der Waals surface area contributed by atoms with Gasteiger partial charge in [-0.2, -0.15) is 0 Å². The van der Waals surface area contributed by atoms with E-state index in [2.05, 4.69) is 10.6 Å². The minimum atomic E-state index is -1.29. The van der Waals surface area contributed by atoms with Gasteiger partial charge in [0.15, 0.2) is 0 Å². The Morgan fingerprint density at radius 1 is 0.917 bits per heavy atom. The van der Waals surface area contributed by atoms with Gasteiger partial charge >= 0.3 is 0 Å². The number of aryl methyl sites for hydroxylation is 1. The van der Waals surface area contributed by atoms with Crippen molar-refractivity contribution in [3.8, 4) is 0 Å². The van der Waals surface area contributed by atoms with Crippen molar-refractivity contribution in [1.29, 1.82) is 0 Å². The molecule has 2 amide bonds. The highest BCUT2D eigenvalue weighted by molar-refractivity contribution is 6.34. The Morgan fingerprint density at radius 3 is 2.08 bits per heavy atom. The molecule has 0 aliphatic heterocycles. The van der Waals surface area contributed by atoms with E-state index >= 15 is 0 Å². The monoisotopic (exact) mass is 364 g/mol. The van der Waals surface area contributed by atoms with E-state index in [9.17, 15) is 9.59 Å². The minimum Gasteiger partial charge on any atom is -0.325 e. The van der Waals surface area contributed by atoms with Crippen molar-refractivity contribution in [2.45, 2.75) is 20.8 Å². The third-order valence-corrected chi connectivity index (χ3v) is 4.26. The van der Waals surface area contributed by atoms with Crippen LogP contribution in [0.3, 0.4) is 0 Å². The lowest BCUT2D eigenvalue weighted by molar-refractivity contribution is -0.135. The number of para-hydroxylation sites is 1. The average molecular weight is 365 g/mol. The molecule has 0 aromatic heterocycles. The first-order valence-electron chi connectivity index (χ1n) is 7.35. The van der Waals surface area contributed by atoms with Gasteiger partial charge < -0.3 is 10.6 Å². The van der Waals surface area contributed by atoms with E-state index in [4.69, 9.17) is 23.2 Å². The van der Waals surface area contributed by atoms with Gasteiger partial charge in [-0.25, -0.2) is 0 Å². The second-order valence-electron chi connectivity index (χ2n) is 5.97. The van der Waals surface area contributed by atoms with Gasteiger partial charge in [0.2, 0.25) is 11.8 Å². The van der Waals surface area contributed by atoms with Crippen LogP contribution < -0.4 is 10.6 Å². The molecule has 0 saturated heterocycles. The summed E-state index contributed by atoms with van der Waals surface area (Å²) in [6, 6.07) is 12.0. The van der Waals surface area contributed by atoms with Crippen molar-refractivity contribution in [2.24, 2.45) is 5.41 Å². The molecular weight excluding hydrogens is 347 g/mol. The SMILES string of the molecule is Cc1cc(Cl)ccc1NC(=O)C(C)(C)C(=O)Nc1ccccc1Cl. The zero-order chi connectivity index (χ0) is 17.9. The summed E-state index contributed by atoms with van der Waals surface area (Å²) in [4.78, 5) is 25.1. The maximum absolute atomic E-state index is 12.6. The van der Waals surface area contributed by atoms with Crippen LogP contribution in [0.15, 0.2) is 42.5 Å². The predicted octanol–water partition coefficient (Wildman–Crippen LogP) is 4.91. The number of nitrogens with one attached hydrogen (secondary N) is 2. The summed E-state index contributed by atoms with van der Waals surface area (Å²) in [7, 11) is 0. The molecule has 0 aliphatic carbocycles. The lowest BCUT2D eigenvalue weighted by atomic mass is 9.90. The second kappa shape index (κ2) is 7.24. The molecule has 24 heavy (non-hydrogen) atoms. The van der Waals surface area contributed by atoms with Crippen molar-refractivity contribution in [3.05, 3.63) is 58.1 Å². The minimum absolute atomic E-state index is 0.413. The number of hydrogen-bond acceptors (Lipinski definition) is 2. The third-order valence-electron chi connectivity index (χ3n) is 3.69. The largest absolute Gasteiger partial charge is 0.325 e. The highest BCUT2D eigenvalue weighted by Gasteiger charge is 2.36. The molecule has 0 heterocycles. The fourth-order valence-corrected chi connectivity index (χ4v) is 2.40. The second-order valence-corrected chi connectivity index (χ2v) is 6.82. The Bertz CT molecular complexity index is 788. The number of amides is 2. The van der Waals surface area contributed by atoms with Crippen molar-refractivity contribution in [2.75, 3.05) is 10.6 Å². The van der Waals surface area contributed by atoms with Gasteiger partial charge in [-0.1, -0.05) is 35.3 Å². The lowest BCUT2D eigenvalue weighted by Crippen LogP contribution is -2.41. The van der Waals surface area contributed by atoms with Gasteiger partial charge in [-0.3, -0.25) is 9.59 Å². The van der Waals surface area contributed by atoms with E-state index in [1.807, 2.05) is 6.92 Å². The van der Waals surface area contributed by atoms with Crippen molar-refractivity contribution in [3.63, 3.8) is 0 Å². The Kier molecular flexibility index (Phi) is 5.52. The Labute approximate surface area is 151 Å². The standard InChI is InChI=1S/C18H18Cl2N2O2/c1-11-10-12(19)8-9-14(11)21-16(23)18(2,3)17(24)22-15-7-5-4-6-13(15)20/h4-10H,1-3H3,(H,21,23)(H,22,24). The van der Waals surface area contributed by atoms with E-state index in [-0.39, 0.29) is 0 Å². The molecule has 0 saturated carbocycles. The number of halogens is 2. The number of anilines is 2. The van der Waals surface area contributed by atoms with Crippen LogP contribution in [0.5, 0.6) is 0 Å². The molecular formula is C18H18Cl2N2O2. The first-order chi connectivity index (χ1) is 11.2. The Balaban J connectivity index is 2.14. The quantitative estimate of drug-likeness (QED) is 0.757. The van der Waals surface area contributed by atoms with E-state index in [1.54, 1.807) is 56.3 Å². The van der Waals surface area contributed by atoms with E-state index in [1.165, 1.54) is 0 Å². The molecule has 2 N–H and O–H groups in total. The third kappa shape index (κ3) is 4.08. The van der Waals surface area contributed by atoms with E-state index < -0.39 is 17.2 Å². The molecule has 0 bridgehead atoms. The summed E-state index contributed by atoms with van der Waals surface area (Å²) in [5, 5.41) is 6.45. The van der Waals surface area contributed by atoms with Gasteiger partial charge in [0.25, 0.3) is 0 Å². The van der Waals surface area contributed by atoms with Gasteiger partial charge in [-0.15, -0.1) is 0 Å². The average Bonchev–Trinajstić information content (AvgIpc) is 2.52. The van der Waals surface area contributed by atoms with Crippen LogP contribution in [0.2, 0.25) is 10.0 Å². The van der Waals surface area contributed by atoms with Crippen molar-refractivity contribution in [1.82, 2.24) is 0 Å². The van der Waals surface area contributed by atoms with Crippen LogP contribution in [-0.2, 0) is 9.59 Å². The summed E-state index contributed by atoms with van der Waals surface area (Å²) in [5.74, 6) is -0.864. The normalized spacial score (nSPS) is 11.0. The van der Waals surface area contributed by atoms with Gasteiger partial charge in [0.1, 0.15) is 5.41 Å². The first-order valence-corrected chi connectivity index (χ1v) is 8.11. The molecule has 0 unspecified atom stereocenters. The zero-order valence-corrected chi connectivity index (χ0v) is 15.1. The summed E-state index contributed by atoms with van der Waals surface area (Å²) in [6.07, 6.45) is 0. The molecule has 4 nitrogen and oxygen atoms in total. The Morgan fingerprint density at radius 2 is 1.50 bits per heavy atom. The van der Waals surface area contributed by atoms with Crippen LogP contribution in [0.4, 0.5) is 11.4 Å². The van der Waals surface area contributed by atoms with Crippen LogP contribution in [0.25, 0.3) is 0 Å². The topological polar surface area (TPSA) is 58.2 Å². The number of hydrogen-bond donors (Lipinski definition) is 2. The predicted molar refractivity (Wildman–Crippen MR) is 98.7 cm³/mol. The number of carbonyl (C=O) groups excluding carboxylic acids is 2. The number of benzene rings is 2. The van der Waals surface area contributed by atoms with Crippen LogP contribution in [0, 0.1) is 12.3 Å². The molecule has 0 radical (unpaired) electrons. The van der Waals surface area contributed by atoms with Gasteiger partial charge in [-0.05, 0) is 56.7 Å². The maximum Gasteiger partial charge on any atom is 0.239 e. The number of carbonyl (C=O) groups is 2. The molecule has 0 spiro atoms. The highest BCUT2D eigenvalue weighted by Crippen LogP contribution is 2.27. The fourth-order valence-electron chi connectivity index (χ4n) is 1.99. The van der Waals surface area contributed by atoms with E-state index in [0.29, 0.717) is 21.4 Å². The summed E-state index contributed by atoms with van der Waals surface area (Å²) < 4.78 is 0. The molecule has 126 valence electrons. The van der Waals surface area contributed by atoms with Crippen molar-refractivity contribution >= 4 is 46.4 Å². The summed E-state index contributed by atoms with van der Waals surface area (Å²) in [5.41, 5.74) is 0.611. The van der Waals surface area contributed by atoms with E-state index in [0.717, 1.165) is 5.56 Å². The van der Waals surface area contributed by atoms with Crippen molar-refractivity contribution < 1.29 is 9.59 Å². The van der Waals surface area contributed by atoms with Gasteiger partial charge in [0, 0.05) is 10.7 Å². The summed E-state index contributed by atoms with van der Waals surface area (Å²) in [6.45, 7) is 4.94. The molecule has 0 fully saturated rings. The van der Waals surface area contributed by atoms with Gasteiger partial charge in [0.05, 0.1) is 10.7 Å². The molecule has 0 atom stereocenters. The molecule has 0 aliphatic rings. The number of rotatable bonds is 4. The maximum atomic E-state index is 12.6. The highest BCUT2D eigenvalue weighted by atomic mass is 35.5. The molecule has 2 rings (SSSR count). The van der Waals surface area contributed by atoms with Crippen LogP contribution >= 0.6 is 23.2 Å². The Hall–Kier alpha value is -2.04. The molecule has 6 heteroatoms. The molecule has 2 aromatic carbocycles. The smallest absolute Gasteiger partial charge is 0.239 e. The fraction of sp³-hybridized carbons (Fsp3) is 0.222. The molecule has 2 aromatic rings. The lowest BCUT2D eigenvalue weighted by Gasteiger charge is -2.23. The van der Waals surface area contributed by atoms with Crippen LogP contribution in [-0.4, -0.2) is 11.8 Å². The summed E-state index contributed by atoms with van der Waals surface area (Å²) >= 11 is 11.9. The zero-order valence-electron chi connectivity index (χ0n) is 13.6. The first kappa shape index (κ1) is 18.3. The van der Waals surface area contributed by atoms with Crippen LogP contribution in [0.1, 0.15) is 19.4 Å².